The van der Waals surface area contributed by atoms with Crippen LogP contribution in [0.25, 0.3) is 10.6 Å². The van der Waals surface area contributed by atoms with Crippen LogP contribution in [0.15, 0.2) is 35.7 Å². The Bertz CT molecular complexity index is 1150. The largest absolute Gasteiger partial charge is 0.448 e. The molecule has 1 amide bonds. The lowest BCUT2D eigenvalue weighted by molar-refractivity contribution is -0.140. The Labute approximate surface area is 190 Å². The van der Waals surface area contributed by atoms with Crippen molar-refractivity contribution >= 4 is 34.6 Å². The summed E-state index contributed by atoms with van der Waals surface area (Å²) in [6.07, 6.45) is -4.60. The van der Waals surface area contributed by atoms with Gasteiger partial charge in [-0.2, -0.15) is 13.2 Å². The number of hydrogen-bond donors (Lipinski definition) is 0. The van der Waals surface area contributed by atoms with Gasteiger partial charge < -0.3 is 9.64 Å². The van der Waals surface area contributed by atoms with E-state index in [2.05, 4.69) is 4.98 Å². The van der Waals surface area contributed by atoms with Crippen molar-refractivity contribution in [2.75, 3.05) is 6.54 Å². The lowest BCUT2D eigenvalue weighted by Gasteiger charge is -2.29. The zero-order valence-corrected chi connectivity index (χ0v) is 18.9. The lowest BCUT2D eigenvalue weighted by Crippen LogP contribution is -2.42. The molecule has 0 radical (unpaired) electrons. The molecule has 10 heteroatoms. The molecule has 1 aliphatic heterocycles. The van der Waals surface area contributed by atoms with Crippen molar-refractivity contribution in [2.24, 2.45) is 0 Å². The predicted molar refractivity (Wildman–Crippen MR) is 116 cm³/mol. The number of thiazole rings is 1. The summed E-state index contributed by atoms with van der Waals surface area (Å²) in [7, 11) is 0. The highest BCUT2D eigenvalue weighted by Crippen LogP contribution is 2.33. The van der Waals surface area contributed by atoms with E-state index in [1.54, 1.807) is 23.2 Å². The fourth-order valence-electron chi connectivity index (χ4n) is 3.47. The van der Waals surface area contributed by atoms with E-state index < -0.39 is 23.8 Å². The zero-order chi connectivity index (χ0) is 23.0. The van der Waals surface area contributed by atoms with Crippen LogP contribution >= 0.6 is 22.7 Å². The summed E-state index contributed by atoms with van der Waals surface area (Å²) in [4.78, 5) is 32.9. The number of rotatable bonds is 4. The van der Waals surface area contributed by atoms with Gasteiger partial charge in [-0.3, -0.25) is 4.79 Å². The van der Waals surface area contributed by atoms with Crippen LogP contribution in [0.4, 0.5) is 13.2 Å². The van der Waals surface area contributed by atoms with Crippen LogP contribution in [-0.4, -0.2) is 34.4 Å². The van der Waals surface area contributed by atoms with Gasteiger partial charge >= 0.3 is 12.1 Å². The molecular weight excluding hydrogens is 461 g/mol. The number of alkyl halides is 3. The average Bonchev–Trinajstić information content (AvgIpc) is 3.38. The first-order valence-electron chi connectivity index (χ1n) is 9.83. The number of halogens is 3. The Kier molecular flexibility index (Phi) is 6.09. The molecule has 0 bridgehead atoms. The van der Waals surface area contributed by atoms with Gasteiger partial charge in [0.05, 0.1) is 11.3 Å². The highest BCUT2D eigenvalue weighted by molar-refractivity contribution is 7.17. The van der Waals surface area contributed by atoms with E-state index in [9.17, 15) is 22.8 Å². The normalized spacial score (nSPS) is 14.7. The third-order valence-electron chi connectivity index (χ3n) is 5.19. The maximum Gasteiger partial charge on any atom is 0.416 e. The van der Waals surface area contributed by atoms with Crippen molar-refractivity contribution in [2.45, 2.75) is 39.1 Å². The minimum absolute atomic E-state index is 0.221. The van der Waals surface area contributed by atoms with Gasteiger partial charge in [-0.15, -0.1) is 22.7 Å². The molecule has 5 nitrogen and oxygen atoms in total. The van der Waals surface area contributed by atoms with E-state index in [0.717, 1.165) is 35.5 Å². The second-order valence-electron chi connectivity index (χ2n) is 7.44. The molecule has 168 valence electrons. The highest BCUT2D eigenvalue weighted by Gasteiger charge is 2.31. The van der Waals surface area contributed by atoms with Crippen molar-refractivity contribution in [1.82, 2.24) is 9.88 Å². The van der Waals surface area contributed by atoms with Crippen molar-refractivity contribution in [3.63, 3.8) is 0 Å². The third kappa shape index (κ3) is 4.56. The molecule has 2 aromatic heterocycles. The van der Waals surface area contributed by atoms with Gasteiger partial charge in [-0.1, -0.05) is 12.1 Å². The molecule has 1 atom stereocenters. The minimum atomic E-state index is -4.42. The van der Waals surface area contributed by atoms with Crippen LogP contribution in [0.5, 0.6) is 0 Å². The monoisotopic (exact) mass is 480 g/mol. The number of carbonyl (C=O) groups is 2. The highest BCUT2D eigenvalue weighted by atomic mass is 32.1. The maximum atomic E-state index is 12.8. The summed E-state index contributed by atoms with van der Waals surface area (Å²) in [6.45, 7) is 4.23. The number of esters is 1. The molecule has 4 rings (SSSR count). The smallest absolute Gasteiger partial charge is 0.416 e. The zero-order valence-electron chi connectivity index (χ0n) is 17.2. The first kappa shape index (κ1) is 22.5. The number of benzene rings is 1. The molecule has 32 heavy (non-hydrogen) atoms. The molecule has 1 aromatic carbocycles. The first-order valence-corrected chi connectivity index (χ1v) is 11.5. The summed E-state index contributed by atoms with van der Waals surface area (Å²) in [5.74, 6) is -0.937. The number of aryl methyl sites for hydroxylation is 1. The van der Waals surface area contributed by atoms with Crippen molar-refractivity contribution in [3.8, 4) is 10.6 Å². The van der Waals surface area contributed by atoms with Gasteiger partial charge in [0.2, 0.25) is 0 Å². The van der Waals surface area contributed by atoms with Gasteiger partial charge in [-0.05, 0) is 49.4 Å². The molecule has 3 aromatic rings. The summed E-state index contributed by atoms with van der Waals surface area (Å²) >= 11 is 2.70. The molecule has 1 aliphatic rings. The second kappa shape index (κ2) is 8.67. The van der Waals surface area contributed by atoms with E-state index in [0.29, 0.717) is 29.4 Å². The Morgan fingerprint density at radius 3 is 2.59 bits per heavy atom. The summed E-state index contributed by atoms with van der Waals surface area (Å²) in [5.41, 5.74) is 1.23. The number of fused-ring (bicyclic) bond motifs is 1. The molecule has 0 fully saturated rings. The molecule has 0 spiro atoms. The minimum Gasteiger partial charge on any atom is -0.448 e. The summed E-state index contributed by atoms with van der Waals surface area (Å²) in [6, 6.07) is 6.58. The molecule has 0 saturated carbocycles. The van der Waals surface area contributed by atoms with E-state index in [1.165, 1.54) is 23.9 Å². The molecular formula is C22H19F3N2O3S2. The fraction of sp³-hybridized carbons (Fsp3) is 0.318. The number of ether oxygens (including phenoxy) is 1. The fourth-order valence-corrected chi connectivity index (χ4v) is 5.31. The Hall–Kier alpha value is -2.72. The lowest BCUT2D eigenvalue weighted by atomic mass is 10.1. The van der Waals surface area contributed by atoms with E-state index in [4.69, 9.17) is 4.74 Å². The Balaban J connectivity index is 1.43. The van der Waals surface area contributed by atoms with Crippen LogP contribution in [0.2, 0.25) is 0 Å². The van der Waals surface area contributed by atoms with Gasteiger partial charge in [-0.25, -0.2) is 9.78 Å². The number of nitrogens with zero attached hydrogens (tertiary/aromatic N) is 2. The molecule has 0 N–H and O–H groups in total. The quantitative estimate of drug-likeness (QED) is 0.474. The predicted octanol–water partition coefficient (Wildman–Crippen LogP) is 5.33. The number of thiophene rings is 1. The summed E-state index contributed by atoms with van der Waals surface area (Å²) < 4.78 is 43.7. The van der Waals surface area contributed by atoms with Crippen LogP contribution in [0.1, 0.15) is 38.3 Å². The molecule has 3 heterocycles. The summed E-state index contributed by atoms with van der Waals surface area (Å²) in [5, 5.41) is 2.41. The van der Waals surface area contributed by atoms with Crippen molar-refractivity contribution in [1.29, 1.82) is 0 Å². The van der Waals surface area contributed by atoms with Gasteiger partial charge in [0, 0.05) is 23.5 Å². The van der Waals surface area contributed by atoms with E-state index in [-0.39, 0.29) is 10.8 Å². The van der Waals surface area contributed by atoms with Crippen LogP contribution < -0.4 is 0 Å². The topological polar surface area (TPSA) is 59.5 Å². The maximum absolute atomic E-state index is 12.8. The van der Waals surface area contributed by atoms with Gasteiger partial charge in [0.25, 0.3) is 5.91 Å². The Morgan fingerprint density at radius 2 is 1.91 bits per heavy atom. The molecule has 1 unspecified atom stereocenters. The third-order valence-corrected chi connectivity index (χ3v) is 7.40. The van der Waals surface area contributed by atoms with Gasteiger partial charge in [0.1, 0.15) is 9.88 Å². The van der Waals surface area contributed by atoms with Crippen molar-refractivity contribution < 1.29 is 27.5 Å². The number of aromatic nitrogens is 1. The van der Waals surface area contributed by atoms with Crippen molar-refractivity contribution in [3.05, 3.63) is 62.3 Å². The standard InChI is InChI=1S/C22H19F3N2O3S2/c1-12-18(32-19(26-12)14-3-5-16(6-4-14)22(23,24)25)21(29)30-13(2)20(28)27-9-7-17-15(11-27)8-10-31-17/h3-6,8,10,13H,7,9,11H2,1-2H3. The van der Waals surface area contributed by atoms with Crippen LogP contribution in [-0.2, 0) is 28.7 Å². The van der Waals surface area contributed by atoms with Gasteiger partial charge in [0.15, 0.2) is 6.10 Å². The first-order chi connectivity index (χ1) is 15.1. The number of amides is 1. The number of hydrogen-bond acceptors (Lipinski definition) is 6. The molecule has 0 saturated heterocycles. The van der Waals surface area contributed by atoms with E-state index >= 15 is 0 Å². The SMILES string of the molecule is Cc1nc(-c2ccc(C(F)(F)F)cc2)sc1C(=O)OC(C)C(=O)N1CCc2sccc2C1. The van der Waals surface area contributed by atoms with E-state index in [1.807, 2.05) is 11.4 Å². The number of carbonyl (C=O) groups excluding carboxylic acids is 2. The average molecular weight is 481 g/mol. The second-order valence-corrected chi connectivity index (χ2v) is 9.43. The molecule has 0 aliphatic carbocycles. The van der Waals surface area contributed by atoms with Crippen LogP contribution in [0, 0.1) is 6.92 Å². The Morgan fingerprint density at radius 1 is 1.19 bits per heavy atom. The van der Waals surface area contributed by atoms with Crippen LogP contribution in [0.3, 0.4) is 0 Å².